The molecule has 0 unspecified atom stereocenters. The molecule has 17 heteroatoms. The van der Waals surface area contributed by atoms with Gasteiger partial charge in [0.25, 0.3) is 11.1 Å². The van der Waals surface area contributed by atoms with Crippen LogP contribution >= 0.6 is 22.7 Å². The van der Waals surface area contributed by atoms with E-state index in [2.05, 4.69) is 15.4 Å². The second kappa shape index (κ2) is 16.2. The number of alkyl carbamates (subject to hydrolysis) is 1. The van der Waals surface area contributed by atoms with Crippen molar-refractivity contribution in [1.82, 2.24) is 30.2 Å². The Morgan fingerprint density at radius 1 is 1.02 bits per heavy atom. The van der Waals surface area contributed by atoms with Gasteiger partial charge in [0.1, 0.15) is 34.3 Å². The average Bonchev–Trinajstić information content (AvgIpc) is 3.85. The highest BCUT2D eigenvalue weighted by molar-refractivity contribution is 7.91. The van der Waals surface area contributed by atoms with E-state index in [9.17, 15) is 27.6 Å². The van der Waals surface area contributed by atoms with Crippen LogP contribution in [0.2, 0.25) is 0 Å². The van der Waals surface area contributed by atoms with E-state index in [0.29, 0.717) is 42.8 Å². The van der Waals surface area contributed by atoms with Crippen molar-refractivity contribution in [3.05, 3.63) is 66.1 Å². The summed E-state index contributed by atoms with van der Waals surface area (Å²) in [4.78, 5) is 67.2. The van der Waals surface area contributed by atoms with Crippen molar-refractivity contribution in [3.8, 4) is 27.0 Å². The highest BCUT2D eigenvalue weighted by Crippen LogP contribution is 2.48. The summed E-state index contributed by atoms with van der Waals surface area (Å²) in [7, 11) is -4.00. The molecule has 3 N–H and O–H groups in total. The highest BCUT2D eigenvalue weighted by atomic mass is 32.2. The molecule has 1 saturated heterocycles. The maximum absolute atomic E-state index is 14.6. The summed E-state index contributed by atoms with van der Waals surface area (Å²) >= 11 is 2.88. The van der Waals surface area contributed by atoms with Gasteiger partial charge in [-0.2, -0.15) is 0 Å². The molecule has 2 aliphatic heterocycles. The van der Waals surface area contributed by atoms with Crippen LogP contribution in [0.1, 0.15) is 85.5 Å². The van der Waals surface area contributed by atoms with Crippen molar-refractivity contribution in [2.75, 3.05) is 6.54 Å². The van der Waals surface area contributed by atoms with Crippen LogP contribution in [0.15, 0.2) is 66.1 Å². The zero-order valence-corrected chi connectivity index (χ0v) is 36.5. The number of amides is 4. The molecule has 2 saturated carbocycles. The molecule has 4 heterocycles. The van der Waals surface area contributed by atoms with Gasteiger partial charge in [-0.15, -0.1) is 11.3 Å². The normalized spacial score (nSPS) is 26.1. The zero-order valence-electron chi connectivity index (χ0n) is 34.1. The first-order valence-corrected chi connectivity index (χ1v) is 23.7. The number of allylic oxidation sites excluding steroid dienone is 1. The average molecular weight is 875 g/mol. The summed E-state index contributed by atoms with van der Waals surface area (Å²) in [6.07, 6.45) is 6.70. The number of nitrogens with zero attached hydrogens (tertiary/aromatic N) is 3. The van der Waals surface area contributed by atoms with Crippen LogP contribution in [0, 0.1) is 5.92 Å². The van der Waals surface area contributed by atoms with Crippen molar-refractivity contribution in [2.45, 2.75) is 120 Å². The number of sulfonamides is 1. The Kier molecular flexibility index (Phi) is 11.3. The van der Waals surface area contributed by atoms with Crippen LogP contribution in [0.5, 0.6) is 5.19 Å². The fourth-order valence-electron chi connectivity index (χ4n) is 7.83. The molecule has 2 aliphatic carbocycles. The number of carbonyl (C=O) groups excluding carboxylic acids is 4. The van der Waals surface area contributed by atoms with Gasteiger partial charge >= 0.3 is 6.09 Å². The fraction of sp³-hybridized carbons (Fsp3) is 0.488. The molecule has 0 spiro atoms. The molecule has 14 nitrogen and oxygen atoms in total. The topological polar surface area (TPSA) is 186 Å². The zero-order chi connectivity index (χ0) is 42.5. The summed E-state index contributed by atoms with van der Waals surface area (Å²) in [5.41, 5.74) is 1.18. The summed E-state index contributed by atoms with van der Waals surface area (Å²) in [5, 5.41) is 8.88. The number of thiazole rings is 2. The molecule has 4 aliphatic rings. The summed E-state index contributed by atoms with van der Waals surface area (Å²) in [6, 6.07) is 13.6. The molecular weight excluding hydrogens is 825 g/mol. The first-order valence-electron chi connectivity index (χ1n) is 20.5. The molecule has 5 atom stereocenters. The summed E-state index contributed by atoms with van der Waals surface area (Å²) < 4.78 is 40.6. The monoisotopic (exact) mass is 874 g/mol. The number of aromatic nitrogens is 2. The van der Waals surface area contributed by atoms with Crippen molar-refractivity contribution in [2.24, 2.45) is 5.92 Å². The third-order valence-electron chi connectivity index (χ3n) is 11.6. The standard InChI is InChI=1S/C43H50N6O8S3/c1-41(2,3)57-39(53)45-31-18-12-7-5-6-11-16-27-23-43(27,38(52)48-60(54,55)42(4)20-21-42)47-35(50)33-22-28(24-49(33)37(31)51)56-40-46-30-19-13-17-29(34(30)59-40)36-44-32(25-58-36)26-14-9-8-10-15-26/h8-11,13-17,19,25,27-28,31,33H,5-7,12,18,20-24H2,1-4H3,(H,45,53)(H,47,50)(H,48,52)/b16-11-/t27-,28-,31+,33+,43-/m1/s1. The number of ether oxygens (including phenoxy) is 2. The summed E-state index contributed by atoms with van der Waals surface area (Å²) in [6.45, 7) is 6.79. The minimum Gasteiger partial charge on any atom is -0.465 e. The SMILES string of the molecule is CC(C)(C)OC(=O)N[C@H]1CCCCC/C=C\[C@@H]2C[C@@]2(C(=O)NS(=O)(=O)C2(C)CC2)NC(=O)[C@@H]2C[C@@H](Oc3nc4cccc(-c5nc(-c6ccccc6)cs5)c4s3)CN2C1=O. The van der Waals surface area contributed by atoms with E-state index in [0.717, 1.165) is 39.4 Å². The van der Waals surface area contributed by atoms with Gasteiger partial charge in [-0.3, -0.25) is 19.1 Å². The lowest BCUT2D eigenvalue weighted by atomic mass is 10.0. The van der Waals surface area contributed by atoms with Crippen LogP contribution in [-0.4, -0.2) is 87.7 Å². The first-order chi connectivity index (χ1) is 28.5. The van der Waals surface area contributed by atoms with Gasteiger partial charge in [0.05, 0.1) is 27.2 Å². The second-order valence-corrected chi connectivity index (χ2v) is 21.5. The summed E-state index contributed by atoms with van der Waals surface area (Å²) in [5.74, 6) is -2.34. The number of carbonyl (C=O) groups is 4. The largest absolute Gasteiger partial charge is 0.465 e. The molecule has 0 radical (unpaired) electrons. The molecule has 2 aromatic carbocycles. The van der Waals surface area contributed by atoms with E-state index < -0.39 is 73.8 Å². The van der Waals surface area contributed by atoms with Gasteiger partial charge in [-0.1, -0.05) is 78.8 Å². The fourth-order valence-corrected chi connectivity index (χ4v) is 11.1. The Morgan fingerprint density at radius 2 is 1.80 bits per heavy atom. The number of nitrogens with one attached hydrogen (secondary N) is 3. The molecule has 4 amide bonds. The lowest BCUT2D eigenvalue weighted by Crippen LogP contribution is -2.58. The number of hydrogen-bond acceptors (Lipinski definition) is 12. The van der Waals surface area contributed by atoms with Gasteiger partial charge in [0.15, 0.2) is 0 Å². The Hall–Kier alpha value is -4.87. The van der Waals surface area contributed by atoms with Crippen molar-refractivity contribution in [1.29, 1.82) is 0 Å². The van der Waals surface area contributed by atoms with Gasteiger partial charge in [0, 0.05) is 28.8 Å². The number of fused-ring (bicyclic) bond motifs is 3. The molecule has 0 bridgehead atoms. The quantitative estimate of drug-likeness (QED) is 0.161. The van der Waals surface area contributed by atoms with Crippen molar-refractivity contribution < 1.29 is 37.1 Å². The Morgan fingerprint density at radius 3 is 2.55 bits per heavy atom. The van der Waals surface area contributed by atoms with E-state index in [4.69, 9.17) is 19.4 Å². The van der Waals surface area contributed by atoms with E-state index in [1.54, 1.807) is 27.7 Å². The maximum Gasteiger partial charge on any atom is 0.408 e. The highest BCUT2D eigenvalue weighted by Gasteiger charge is 2.63. The molecule has 2 aromatic heterocycles. The first kappa shape index (κ1) is 41.8. The molecule has 318 valence electrons. The van der Waals surface area contributed by atoms with E-state index >= 15 is 0 Å². The van der Waals surface area contributed by atoms with Crippen LogP contribution in [0.3, 0.4) is 0 Å². The molecule has 60 heavy (non-hydrogen) atoms. The Balaban J connectivity index is 1.08. The third kappa shape index (κ3) is 8.79. The van der Waals surface area contributed by atoms with Gasteiger partial charge in [-0.05, 0) is 72.3 Å². The number of rotatable bonds is 8. The molecule has 8 rings (SSSR count). The predicted molar refractivity (Wildman–Crippen MR) is 230 cm³/mol. The van der Waals surface area contributed by atoms with Crippen LogP contribution in [0.25, 0.3) is 32.0 Å². The Labute approximate surface area is 357 Å². The third-order valence-corrected chi connectivity index (χ3v) is 15.7. The maximum atomic E-state index is 14.6. The number of benzene rings is 2. The van der Waals surface area contributed by atoms with Gasteiger partial charge in [0.2, 0.25) is 21.8 Å². The smallest absolute Gasteiger partial charge is 0.408 e. The predicted octanol–water partition coefficient (Wildman–Crippen LogP) is 6.72. The van der Waals surface area contributed by atoms with Crippen LogP contribution in [0.4, 0.5) is 4.79 Å². The van der Waals surface area contributed by atoms with Gasteiger partial charge < -0.3 is 25.0 Å². The lowest BCUT2D eigenvalue weighted by molar-refractivity contribution is -0.141. The van der Waals surface area contributed by atoms with E-state index in [1.807, 2.05) is 66.1 Å². The minimum atomic E-state index is -4.00. The van der Waals surface area contributed by atoms with Crippen molar-refractivity contribution >= 4 is 66.7 Å². The second-order valence-electron chi connectivity index (χ2n) is 17.4. The molecule has 4 aromatic rings. The van der Waals surface area contributed by atoms with Crippen LogP contribution in [-0.2, 0) is 29.1 Å². The minimum absolute atomic E-state index is 0.00558. The van der Waals surface area contributed by atoms with Gasteiger partial charge in [-0.25, -0.2) is 23.2 Å². The molecular formula is C43H50N6O8S3. The van der Waals surface area contributed by atoms with Crippen LogP contribution < -0.4 is 20.1 Å². The Bertz CT molecular complexity index is 2440. The van der Waals surface area contributed by atoms with Crippen molar-refractivity contribution in [3.63, 3.8) is 0 Å². The lowest BCUT2D eigenvalue weighted by Gasteiger charge is -2.30. The number of hydrogen-bond donors (Lipinski definition) is 3. The molecule has 3 fully saturated rings. The van der Waals surface area contributed by atoms with E-state index in [-0.39, 0.29) is 19.4 Å². The van der Waals surface area contributed by atoms with E-state index in [1.165, 1.54) is 27.6 Å².